The second-order valence-electron chi connectivity index (χ2n) is 6.69. The monoisotopic (exact) mass is 326 g/mol. The summed E-state index contributed by atoms with van der Waals surface area (Å²) in [5, 5.41) is 9.28. The smallest absolute Gasteiger partial charge is 0.273 e. The maximum absolute atomic E-state index is 12.6. The van der Waals surface area contributed by atoms with E-state index in [1.54, 1.807) is 4.90 Å². The Morgan fingerprint density at radius 1 is 1.27 bits per heavy atom. The molecule has 0 spiro atoms. The van der Waals surface area contributed by atoms with Crippen molar-refractivity contribution in [1.29, 1.82) is 0 Å². The summed E-state index contributed by atoms with van der Waals surface area (Å²) in [7, 11) is 1.86. The van der Waals surface area contributed by atoms with E-state index >= 15 is 0 Å². The lowest BCUT2D eigenvalue weighted by Crippen LogP contribution is -2.62. The molecule has 5 unspecified atom stereocenters. The van der Waals surface area contributed by atoms with Gasteiger partial charge in [-0.2, -0.15) is 0 Å². The highest BCUT2D eigenvalue weighted by Gasteiger charge is 2.43. The number of hydrogen-bond donors (Lipinski definition) is 4. The fourth-order valence-electron chi connectivity index (χ4n) is 4.20. The molecule has 2 fully saturated rings. The molecule has 7 nitrogen and oxygen atoms in total. The van der Waals surface area contributed by atoms with E-state index < -0.39 is 0 Å². The van der Waals surface area contributed by atoms with Crippen LogP contribution in [0, 0.1) is 5.92 Å². The third kappa shape index (κ3) is 2.36. The number of carbonyl (C=O) groups excluding carboxylic acids is 1. The third-order valence-electron chi connectivity index (χ3n) is 5.46. The van der Waals surface area contributed by atoms with Gasteiger partial charge in [-0.25, -0.2) is 0 Å². The summed E-state index contributed by atoms with van der Waals surface area (Å²) >= 11 is 6.46. The van der Waals surface area contributed by atoms with Crippen LogP contribution in [0.1, 0.15) is 25.7 Å². The van der Waals surface area contributed by atoms with Crippen molar-refractivity contribution in [2.75, 3.05) is 13.7 Å². The summed E-state index contributed by atoms with van der Waals surface area (Å²) in [5.41, 5.74) is 6.78. The van der Waals surface area contributed by atoms with Gasteiger partial charge in [-0.15, -0.1) is 17.1 Å². The first-order valence-electron chi connectivity index (χ1n) is 8.03. The number of amides is 1. The zero-order valence-corrected chi connectivity index (χ0v) is 13.4. The van der Waals surface area contributed by atoms with Crippen LogP contribution in [0.25, 0.3) is 0 Å². The number of nitrogens with zero attached hydrogens (tertiary/aromatic N) is 2. The Morgan fingerprint density at radius 3 is 3.00 bits per heavy atom. The number of fused-ring (bicyclic) bond motifs is 6. The van der Waals surface area contributed by atoms with Gasteiger partial charge in [0.25, 0.3) is 5.91 Å². The number of halogens is 1. The Morgan fingerprint density at radius 2 is 2.14 bits per heavy atom. The molecule has 1 amide bonds. The van der Waals surface area contributed by atoms with Gasteiger partial charge in [0.05, 0.1) is 12.2 Å². The first-order valence-corrected chi connectivity index (χ1v) is 8.47. The summed E-state index contributed by atoms with van der Waals surface area (Å²) in [5.74, 6) is 0.477. The van der Waals surface area contributed by atoms with Crippen molar-refractivity contribution in [2.24, 2.45) is 5.92 Å². The lowest BCUT2D eigenvalue weighted by molar-refractivity contribution is -0.129. The molecule has 0 radical (unpaired) electrons. The molecule has 3 heterocycles. The Balaban J connectivity index is 1.70. The Hall–Kier alpha value is -1.02. The molecule has 8 heteroatoms. The minimum Gasteiger partial charge on any atom is -0.325 e. The highest BCUT2D eigenvalue weighted by atomic mass is 35.5. The maximum Gasteiger partial charge on any atom is 0.273 e. The van der Waals surface area contributed by atoms with Crippen LogP contribution in [0.3, 0.4) is 0 Å². The molecule has 3 aliphatic heterocycles. The van der Waals surface area contributed by atoms with Gasteiger partial charge in [-0.05, 0) is 31.6 Å². The minimum absolute atomic E-state index is 0.0117. The van der Waals surface area contributed by atoms with Gasteiger partial charge in [0.1, 0.15) is 5.70 Å². The average molecular weight is 327 g/mol. The molecular formula is C14H23ClN6O. The first-order chi connectivity index (χ1) is 10.6. The van der Waals surface area contributed by atoms with E-state index in [4.69, 9.17) is 11.6 Å². The molecule has 4 aliphatic rings. The van der Waals surface area contributed by atoms with Crippen molar-refractivity contribution < 1.29 is 4.79 Å². The lowest BCUT2D eigenvalue weighted by Gasteiger charge is -2.46. The van der Waals surface area contributed by atoms with Crippen LogP contribution < -0.4 is 21.6 Å². The van der Waals surface area contributed by atoms with E-state index in [1.165, 1.54) is 0 Å². The van der Waals surface area contributed by atoms with Crippen molar-refractivity contribution in [2.45, 2.75) is 49.3 Å². The minimum atomic E-state index is 0.0117. The van der Waals surface area contributed by atoms with Gasteiger partial charge >= 0.3 is 0 Å². The number of likely N-dealkylation sites (N-methyl/N-ethyl adjacent to an activating group) is 1. The SMILES string of the molecule is CN1C(=O)C2=CN(NN2)C2CCC(Cl)CC2C2CC1NCN2. The van der Waals surface area contributed by atoms with Gasteiger partial charge in [0, 0.05) is 31.3 Å². The second-order valence-corrected chi connectivity index (χ2v) is 7.30. The summed E-state index contributed by atoms with van der Waals surface area (Å²) in [6.07, 6.45) is 5.95. The highest BCUT2D eigenvalue weighted by molar-refractivity contribution is 6.20. The number of carbonyl (C=O) groups is 1. The standard InChI is InChI=1S/C14H23ClN6O/c1-20-13-5-10(16-7-17-13)9-4-8(15)2-3-12(9)21-6-11(14(20)22)18-19-21/h6,8-10,12-13,16-19H,2-5,7H2,1H3. The molecule has 4 rings (SSSR count). The van der Waals surface area contributed by atoms with Gasteiger partial charge < -0.3 is 10.2 Å². The Kier molecular flexibility index (Phi) is 3.68. The summed E-state index contributed by atoms with van der Waals surface area (Å²) in [4.78, 5) is 14.4. The van der Waals surface area contributed by atoms with Gasteiger partial charge in [-0.3, -0.25) is 20.5 Å². The number of hydrazine groups is 2. The second kappa shape index (κ2) is 5.56. The number of alkyl halides is 1. The van der Waals surface area contributed by atoms with Crippen molar-refractivity contribution >= 4 is 17.5 Å². The summed E-state index contributed by atoms with van der Waals surface area (Å²) in [6, 6.07) is 0.720. The van der Waals surface area contributed by atoms with E-state index in [9.17, 15) is 4.79 Å². The van der Waals surface area contributed by atoms with Crippen LogP contribution in [0.15, 0.2) is 11.9 Å². The van der Waals surface area contributed by atoms with Crippen LogP contribution in [0.5, 0.6) is 0 Å². The fourth-order valence-corrected chi connectivity index (χ4v) is 4.53. The van der Waals surface area contributed by atoms with Crippen molar-refractivity contribution in [3.05, 3.63) is 11.9 Å². The molecule has 0 aromatic carbocycles. The van der Waals surface area contributed by atoms with E-state index in [2.05, 4.69) is 26.6 Å². The largest absolute Gasteiger partial charge is 0.325 e. The summed E-state index contributed by atoms with van der Waals surface area (Å²) in [6.45, 7) is 0.725. The molecule has 0 aromatic heterocycles. The van der Waals surface area contributed by atoms with Crippen LogP contribution in [0.2, 0.25) is 0 Å². The van der Waals surface area contributed by atoms with Gasteiger partial charge in [0.15, 0.2) is 0 Å². The first kappa shape index (κ1) is 14.6. The summed E-state index contributed by atoms with van der Waals surface area (Å²) < 4.78 is 0. The van der Waals surface area contributed by atoms with Crippen LogP contribution in [-0.2, 0) is 4.79 Å². The zero-order chi connectivity index (χ0) is 15.3. The van der Waals surface area contributed by atoms with E-state index in [0.29, 0.717) is 23.7 Å². The number of hydrogen-bond acceptors (Lipinski definition) is 6. The topological polar surface area (TPSA) is 71.7 Å². The van der Waals surface area contributed by atoms with E-state index in [1.807, 2.05) is 13.2 Å². The molecule has 122 valence electrons. The predicted molar refractivity (Wildman–Crippen MR) is 83.1 cm³/mol. The molecule has 22 heavy (non-hydrogen) atoms. The maximum atomic E-state index is 12.6. The third-order valence-corrected chi connectivity index (χ3v) is 5.85. The van der Waals surface area contributed by atoms with Gasteiger partial charge in [0.2, 0.25) is 0 Å². The van der Waals surface area contributed by atoms with Crippen molar-refractivity contribution in [3.63, 3.8) is 0 Å². The van der Waals surface area contributed by atoms with Gasteiger partial charge in [-0.1, -0.05) is 0 Å². The molecule has 1 saturated carbocycles. The molecule has 4 bridgehead atoms. The van der Waals surface area contributed by atoms with Crippen LogP contribution >= 0.6 is 11.6 Å². The average Bonchev–Trinajstić information content (AvgIpc) is 3.02. The quantitative estimate of drug-likeness (QED) is 0.456. The number of nitrogens with one attached hydrogen (secondary N) is 4. The number of rotatable bonds is 0. The molecule has 5 atom stereocenters. The molecule has 4 N–H and O–H groups in total. The lowest BCUT2D eigenvalue weighted by atomic mass is 9.77. The molecule has 0 aromatic rings. The van der Waals surface area contributed by atoms with Crippen LogP contribution in [-0.4, -0.2) is 53.2 Å². The van der Waals surface area contributed by atoms with Crippen molar-refractivity contribution in [3.8, 4) is 0 Å². The highest BCUT2D eigenvalue weighted by Crippen LogP contribution is 2.36. The van der Waals surface area contributed by atoms with Crippen LogP contribution in [0.4, 0.5) is 0 Å². The van der Waals surface area contributed by atoms with E-state index in [0.717, 1.165) is 32.4 Å². The zero-order valence-electron chi connectivity index (χ0n) is 12.7. The molecule has 1 saturated heterocycles. The molecule has 1 aliphatic carbocycles. The normalized spacial score (nSPS) is 41.6. The van der Waals surface area contributed by atoms with E-state index in [-0.39, 0.29) is 17.5 Å². The predicted octanol–water partition coefficient (Wildman–Crippen LogP) is -0.364. The van der Waals surface area contributed by atoms with Crippen molar-refractivity contribution in [1.82, 2.24) is 31.5 Å². The Labute approximate surface area is 135 Å². The fraction of sp³-hybridized carbons (Fsp3) is 0.786. The molecular weight excluding hydrogens is 304 g/mol. The Bertz CT molecular complexity index is 500.